The molecule has 4 rings (SSSR count). The molecule has 0 aliphatic carbocycles. The Bertz CT molecular complexity index is 1350. The predicted octanol–water partition coefficient (Wildman–Crippen LogP) is 4.55. The number of nitrogens with zero attached hydrogens (tertiary/aromatic N) is 5. The second kappa shape index (κ2) is 10.0. The van der Waals surface area contributed by atoms with Gasteiger partial charge in [-0.05, 0) is 25.5 Å². The molecule has 33 heavy (non-hydrogen) atoms. The van der Waals surface area contributed by atoms with E-state index in [0.29, 0.717) is 18.7 Å². The number of rotatable bonds is 9. The number of aromatic nitrogens is 4. The van der Waals surface area contributed by atoms with Crippen molar-refractivity contribution < 1.29 is 8.42 Å². The van der Waals surface area contributed by atoms with Crippen molar-refractivity contribution in [1.29, 1.82) is 0 Å². The Balaban J connectivity index is 1.67. The van der Waals surface area contributed by atoms with E-state index in [0.717, 1.165) is 38.7 Å². The van der Waals surface area contributed by atoms with E-state index < -0.39 is 10.0 Å². The normalized spacial score (nSPS) is 12.0. The third kappa shape index (κ3) is 5.10. The molecule has 4 aromatic rings. The van der Waals surface area contributed by atoms with Gasteiger partial charge < -0.3 is 4.57 Å². The van der Waals surface area contributed by atoms with Gasteiger partial charge in [-0.15, -0.1) is 10.2 Å². The highest BCUT2D eigenvalue weighted by atomic mass is 32.2. The number of hydrogen-bond acceptors (Lipinski definition) is 6. The molecule has 0 amide bonds. The van der Waals surface area contributed by atoms with Crippen LogP contribution in [0, 0.1) is 0 Å². The number of hydrogen-bond donors (Lipinski definition) is 0. The summed E-state index contributed by atoms with van der Waals surface area (Å²) in [6.07, 6.45) is 0.549. The summed E-state index contributed by atoms with van der Waals surface area (Å²) in [4.78, 5) is 4.87. The van der Waals surface area contributed by atoms with Crippen LogP contribution in [0.3, 0.4) is 0 Å². The third-order valence-corrected chi connectivity index (χ3v) is 8.36. The minimum atomic E-state index is -3.19. The van der Waals surface area contributed by atoms with Gasteiger partial charge in [-0.1, -0.05) is 60.3 Å². The Morgan fingerprint density at radius 2 is 1.73 bits per heavy atom. The van der Waals surface area contributed by atoms with E-state index in [1.54, 1.807) is 14.1 Å². The summed E-state index contributed by atoms with van der Waals surface area (Å²) in [5.74, 6) is 1.56. The summed E-state index contributed by atoms with van der Waals surface area (Å²) in [6, 6.07) is 20.2. The highest BCUT2D eigenvalue weighted by Gasteiger charge is 2.18. The lowest BCUT2D eigenvalue weighted by atomic mass is 10.0. The molecule has 0 spiro atoms. The number of benzene rings is 2. The van der Waals surface area contributed by atoms with Gasteiger partial charge in [0.25, 0.3) is 0 Å². The molecular weight excluding hydrogens is 454 g/mol. The van der Waals surface area contributed by atoms with Crippen molar-refractivity contribution in [2.45, 2.75) is 25.0 Å². The Hall–Kier alpha value is -2.75. The summed E-state index contributed by atoms with van der Waals surface area (Å²) in [5.41, 5.74) is 3.82. The van der Waals surface area contributed by atoms with Crippen LogP contribution >= 0.6 is 11.8 Å². The largest absolute Gasteiger partial charge is 0.302 e. The quantitative estimate of drug-likeness (QED) is 0.258. The first-order chi connectivity index (χ1) is 15.9. The molecule has 0 saturated heterocycles. The van der Waals surface area contributed by atoms with E-state index in [1.165, 1.54) is 16.1 Å². The van der Waals surface area contributed by atoms with E-state index >= 15 is 0 Å². The maximum Gasteiger partial charge on any atom is 0.213 e. The molecule has 2 heterocycles. The van der Waals surface area contributed by atoms with Crippen molar-refractivity contribution in [1.82, 2.24) is 24.1 Å². The first-order valence-electron chi connectivity index (χ1n) is 10.8. The van der Waals surface area contributed by atoms with E-state index in [-0.39, 0.29) is 5.75 Å². The SMILES string of the molecule is CCn1c(SCCCS(=O)(=O)N(C)C)nnc1-c1cc(-c2ccccc2)nc2ccccc12. The molecule has 0 atom stereocenters. The second-order valence-electron chi connectivity index (χ2n) is 7.79. The zero-order valence-electron chi connectivity index (χ0n) is 19.0. The summed E-state index contributed by atoms with van der Waals surface area (Å²) >= 11 is 1.54. The maximum atomic E-state index is 12.0. The lowest BCUT2D eigenvalue weighted by Crippen LogP contribution is -2.25. The van der Waals surface area contributed by atoms with Crippen molar-refractivity contribution in [2.24, 2.45) is 0 Å². The lowest BCUT2D eigenvalue weighted by Gasteiger charge is -2.12. The number of sulfonamides is 1. The Morgan fingerprint density at radius 3 is 2.45 bits per heavy atom. The van der Waals surface area contributed by atoms with Crippen LogP contribution in [-0.2, 0) is 16.6 Å². The van der Waals surface area contributed by atoms with Crippen LogP contribution in [0.5, 0.6) is 0 Å². The summed E-state index contributed by atoms with van der Waals surface area (Å²) in [5, 5.41) is 10.8. The minimum absolute atomic E-state index is 0.121. The van der Waals surface area contributed by atoms with Gasteiger partial charge in [-0.3, -0.25) is 0 Å². The summed E-state index contributed by atoms with van der Waals surface area (Å²) in [6.45, 7) is 2.77. The van der Waals surface area contributed by atoms with Gasteiger partial charge in [0.05, 0.1) is 17.0 Å². The van der Waals surface area contributed by atoms with Gasteiger partial charge in [0.1, 0.15) is 0 Å². The van der Waals surface area contributed by atoms with Gasteiger partial charge in [-0.2, -0.15) is 0 Å². The Morgan fingerprint density at radius 1 is 1.00 bits per heavy atom. The number of pyridine rings is 1. The monoisotopic (exact) mass is 481 g/mol. The second-order valence-corrected chi connectivity index (χ2v) is 11.2. The maximum absolute atomic E-state index is 12.0. The van der Waals surface area contributed by atoms with Gasteiger partial charge >= 0.3 is 0 Å². The molecule has 0 bridgehead atoms. The Kier molecular flexibility index (Phi) is 7.11. The van der Waals surface area contributed by atoms with Gasteiger partial charge in [0.15, 0.2) is 11.0 Å². The van der Waals surface area contributed by atoms with Gasteiger partial charge in [-0.25, -0.2) is 17.7 Å². The van der Waals surface area contributed by atoms with Crippen LogP contribution in [-0.4, -0.2) is 58.1 Å². The van der Waals surface area contributed by atoms with E-state index in [9.17, 15) is 8.42 Å². The standard InChI is InChI=1S/C24H27N5O2S2/c1-4-29-23(26-27-24(29)32-15-10-16-33(30,31)28(2)3)20-17-22(18-11-6-5-7-12-18)25-21-14-9-8-13-19(20)21/h5-9,11-14,17H,4,10,15-16H2,1-3H3. The zero-order chi connectivity index (χ0) is 23.4. The molecule has 0 N–H and O–H groups in total. The smallest absolute Gasteiger partial charge is 0.213 e. The molecular formula is C24H27N5O2S2. The topological polar surface area (TPSA) is 81.0 Å². The van der Waals surface area contributed by atoms with Crippen molar-refractivity contribution in [3.05, 3.63) is 60.7 Å². The van der Waals surface area contributed by atoms with Gasteiger partial charge in [0.2, 0.25) is 10.0 Å². The molecule has 0 fully saturated rings. The fraction of sp³-hybridized carbons (Fsp3) is 0.292. The van der Waals surface area contributed by atoms with E-state index in [2.05, 4.69) is 46.0 Å². The van der Waals surface area contributed by atoms with Crippen LogP contribution in [0.25, 0.3) is 33.5 Å². The van der Waals surface area contributed by atoms with Crippen molar-refractivity contribution in [3.8, 4) is 22.6 Å². The number of fused-ring (bicyclic) bond motifs is 1. The average Bonchev–Trinajstić information content (AvgIpc) is 3.24. The summed E-state index contributed by atoms with van der Waals surface area (Å²) < 4.78 is 27.4. The van der Waals surface area contributed by atoms with Crippen LogP contribution in [0.15, 0.2) is 65.8 Å². The van der Waals surface area contributed by atoms with Crippen molar-refractivity contribution in [2.75, 3.05) is 25.6 Å². The summed E-state index contributed by atoms with van der Waals surface area (Å²) in [7, 11) is -0.0699. The molecule has 0 aliphatic rings. The average molecular weight is 482 g/mol. The number of para-hydroxylation sites is 1. The first-order valence-corrected chi connectivity index (χ1v) is 13.4. The molecule has 0 radical (unpaired) electrons. The lowest BCUT2D eigenvalue weighted by molar-refractivity contribution is 0.520. The fourth-order valence-corrected chi connectivity index (χ4v) is 5.58. The number of thioether (sulfide) groups is 1. The first kappa shape index (κ1) is 23.4. The Labute approximate surface area is 198 Å². The van der Waals surface area contributed by atoms with Crippen LogP contribution in [0.2, 0.25) is 0 Å². The van der Waals surface area contributed by atoms with Crippen molar-refractivity contribution in [3.63, 3.8) is 0 Å². The van der Waals surface area contributed by atoms with Crippen LogP contribution in [0.4, 0.5) is 0 Å². The molecule has 0 unspecified atom stereocenters. The van der Waals surface area contributed by atoms with Gasteiger partial charge in [0, 0.05) is 42.9 Å². The molecule has 2 aromatic carbocycles. The fourth-order valence-electron chi connectivity index (χ4n) is 3.58. The van der Waals surface area contributed by atoms with E-state index in [4.69, 9.17) is 4.98 Å². The van der Waals surface area contributed by atoms with Crippen LogP contribution in [0.1, 0.15) is 13.3 Å². The highest BCUT2D eigenvalue weighted by molar-refractivity contribution is 7.99. The van der Waals surface area contributed by atoms with Crippen molar-refractivity contribution >= 4 is 32.7 Å². The highest BCUT2D eigenvalue weighted by Crippen LogP contribution is 2.33. The van der Waals surface area contributed by atoms with E-state index in [1.807, 2.05) is 36.4 Å². The third-order valence-electron chi connectivity index (χ3n) is 5.39. The minimum Gasteiger partial charge on any atom is -0.302 e. The van der Waals surface area contributed by atoms with Crippen LogP contribution < -0.4 is 0 Å². The molecule has 0 aliphatic heterocycles. The molecule has 7 nitrogen and oxygen atoms in total. The zero-order valence-corrected chi connectivity index (χ0v) is 20.6. The molecule has 2 aromatic heterocycles. The molecule has 172 valence electrons. The molecule has 9 heteroatoms. The predicted molar refractivity (Wildman–Crippen MR) is 135 cm³/mol. The molecule has 0 saturated carbocycles.